The van der Waals surface area contributed by atoms with Crippen molar-refractivity contribution in [1.29, 1.82) is 0 Å². The van der Waals surface area contributed by atoms with Crippen LogP contribution in [0.2, 0.25) is 0 Å². The molecule has 0 fully saturated rings. The molecule has 0 saturated heterocycles. The van der Waals surface area contributed by atoms with E-state index >= 15 is 0 Å². The van der Waals surface area contributed by atoms with Gasteiger partial charge < -0.3 is 15.5 Å². The van der Waals surface area contributed by atoms with Crippen molar-refractivity contribution in [2.45, 2.75) is 13.8 Å². The summed E-state index contributed by atoms with van der Waals surface area (Å²) in [6, 6.07) is 7.65. The first kappa shape index (κ1) is 14.5. The summed E-state index contributed by atoms with van der Waals surface area (Å²) in [5.41, 5.74) is 6.01. The number of nitrogens with two attached hydrogens (primary N) is 1. The Morgan fingerprint density at radius 1 is 1.19 bits per heavy atom. The fourth-order valence-electron chi connectivity index (χ4n) is 2.09. The summed E-state index contributed by atoms with van der Waals surface area (Å²) in [4.78, 5) is 34.9. The van der Waals surface area contributed by atoms with Gasteiger partial charge in [-0.15, -0.1) is 0 Å². The number of primary amides is 1. The highest BCUT2D eigenvalue weighted by Crippen LogP contribution is 2.18. The molecule has 21 heavy (non-hydrogen) atoms. The molecule has 0 saturated carbocycles. The number of nitrogens with one attached hydrogen (secondary N) is 1. The molecule has 0 aliphatic rings. The largest absolute Gasteiger partial charge is 0.427 e. The number of carbonyl (C=O) groups excluding carboxylic acids is 2. The third-order valence-corrected chi connectivity index (χ3v) is 3.00. The molecule has 108 valence electrons. The molecule has 0 aliphatic heterocycles. The predicted octanol–water partition coefficient (Wildman–Crippen LogP) is 1.61. The Kier molecular flexibility index (Phi) is 3.89. The summed E-state index contributed by atoms with van der Waals surface area (Å²) < 4.78 is 4.92. The van der Waals surface area contributed by atoms with E-state index in [0.29, 0.717) is 11.3 Å². The van der Waals surface area contributed by atoms with Crippen LogP contribution >= 0.6 is 0 Å². The summed E-state index contributed by atoms with van der Waals surface area (Å²) in [5.74, 6) is -0.893. The number of para-hydroxylation sites is 1. The number of anilines is 1. The van der Waals surface area contributed by atoms with Crippen molar-refractivity contribution in [3.05, 3.63) is 63.2 Å². The molecular weight excluding hydrogens is 272 g/mol. The lowest BCUT2D eigenvalue weighted by molar-refractivity contribution is 0.100. The van der Waals surface area contributed by atoms with Gasteiger partial charge in [-0.3, -0.25) is 9.59 Å². The van der Waals surface area contributed by atoms with Crippen LogP contribution in [0.25, 0.3) is 0 Å². The van der Waals surface area contributed by atoms with Gasteiger partial charge in [0.15, 0.2) is 0 Å². The normalized spacial score (nSPS) is 10.2. The van der Waals surface area contributed by atoms with Gasteiger partial charge >= 0.3 is 5.63 Å². The van der Waals surface area contributed by atoms with Crippen LogP contribution in [0.4, 0.5) is 5.69 Å². The molecule has 0 radical (unpaired) electrons. The van der Waals surface area contributed by atoms with E-state index in [4.69, 9.17) is 10.2 Å². The Balaban J connectivity index is 2.40. The standard InChI is InChI=1S/C15H14N2O4/c1-8-7-12(18)21-9(2)13(8)15(20)17-11-6-4-3-5-10(11)14(16)19/h3-7H,1-2H3,(H2,16,19)(H,17,20). The molecule has 6 nitrogen and oxygen atoms in total. The number of rotatable bonds is 3. The number of aryl methyl sites for hydroxylation is 2. The fraction of sp³-hybridized carbons (Fsp3) is 0.133. The Morgan fingerprint density at radius 2 is 1.86 bits per heavy atom. The van der Waals surface area contributed by atoms with Crippen molar-refractivity contribution < 1.29 is 14.0 Å². The van der Waals surface area contributed by atoms with Crippen LogP contribution in [0, 0.1) is 13.8 Å². The molecule has 0 bridgehead atoms. The molecular formula is C15H14N2O4. The van der Waals surface area contributed by atoms with E-state index in [9.17, 15) is 14.4 Å². The smallest absolute Gasteiger partial charge is 0.336 e. The van der Waals surface area contributed by atoms with Crippen molar-refractivity contribution in [3.63, 3.8) is 0 Å². The predicted molar refractivity (Wildman–Crippen MR) is 77.4 cm³/mol. The second-order valence-electron chi connectivity index (χ2n) is 4.54. The summed E-state index contributed by atoms with van der Waals surface area (Å²) in [6.45, 7) is 3.17. The molecule has 1 aromatic heterocycles. The quantitative estimate of drug-likeness (QED) is 0.894. The van der Waals surface area contributed by atoms with E-state index in [1.54, 1.807) is 25.1 Å². The SMILES string of the molecule is Cc1cc(=O)oc(C)c1C(=O)Nc1ccccc1C(N)=O. The number of carbonyl (C=O) groups is 2. The van der Waals surface area contributed by atoms with Gasteiger partial charge in [0, 0.05) is 6.07 Å². The second kappa shape index (κ2) is 5.62. The summed E-state index contributed by atoms with van der Waals surface area (Å²) in [5, 5.41) is 2.61. The lowest BCUT2D eigenvalue weighted by Gasteiger charge is -2.11. The van der Waals surface area contributed by atoms with Gasteiger partial charge in [-0.25, -0.2) is 4.79 Å². The molecule has 1 aromatic carbocycles. The maximum Gasteiger partial charge on any atom is 0.336 e. The topological polar surface area (TPSA) is 102 Å². The fourth-order valence-corrected chi connectivity index (χ4v) is 2.09. The maximum atomic E-state index is 12.3. The number of amides is 2. The lowest BCUT2D eigenvalue weighted by atomic mass is 10.1. The zero-order chi connectivity index (χ0) is 15.6. The Hall–Kier alpha value is -2.89. The van der Waals surface area contributed by atoms with E-state index in [1.807, 2.05) is 0 Å². The zero-order valence-corrected chi connectivity index (χ0v) is 11.6. The molecule has 6 heteroatoms. The van der Waals surface area contributed by atoms with Gasteiger partial charge in [0.2, 0.25) is 0 Å². The van der Waals surface area contributed by atoms with E-state index in [0.717, 1.165) is 0 Å². The molecule has 1 heterocycles. The van der Waals surface area contributed by atoms with Crippen LogP contribution < -0.4 is 16.7 Å². The third kappa shape index (κ3) is 3.00. The van der Waals surface area contributed by atoms with Crippen LogP contribution in [0.1, 0.15) is 32.0 Å². The highest BCUT2D eigenvalue weighted by Gasteiger charge is 2.17. The molecule has 3 N–H and O–H groups in total. The van der Waals surface area contributed by atoms with Crippen LogP contribution in [-0.4, -0.2) is 11.8 Å². The summed E-state index contributed by atoms with van der Waals surface area (Å²) in [7, 11) is 0. The van der Waals surface area contributed by atoms with E-state index < -0.39 is 17.4 Å². The maximum absolute atomic E-state index is 12.3. The molecule has 2 amide bonds. The van der Waals surface area contributed by atoms with Crippen molar-refractivity contribution >= 4 is 17.5 Å². The van der Waals surface area contributed by atoms with Crippen molar-refractivity contribution in [1.82, 2.24) is 0 Å². The van der Waals surface area contributed by atoms with Crippen molar-refractivity contribution in [2.75, 3.05) is 5.32 Å². The zero-order valence-electron chi connectivity index (χ0n) is 11.6. The van der Waals surface area contributed by atoms with Crippen LogP contribution in [0.5, 0.6) is 0 Å². The first-order chi connectivity index (χ1) is 9.90. The molecule has 2 rings (SSSR count). The van der Waals surface area contributed by atoms with Crippen LogP contribution in [0.3, 0.4) is 0 Å². The van der Waals surface area contributed by atoms with Gasteiger partial charge in [0.25, 0.3) is 11.8 Å². The van der Waals surface area contributed by atoms with Crippen molar-refractivity contribution in [3.8, 4) is 0 Å². The highest BCUT2D eigenvalue weighted by molar-refractivity contribution is 6.09. The summed E-state index contributed by atoms with van der Waals surface area (Å²) in [6.07, 6.45) is 0. The first-order valence-corrected chi connectivity index (χ1v) is 6.21. The first-order valence-electron chi connectivity index (χ1n) is 6.21. The second-order valence-corrected chi connectivity index (χ2v) is 4.54. The third-order valence-electron chi connectivity index (χ3n) is 3.00. The number of hydrogen-bond donors (Lipinski definition) is 2. The van der Waals surface area contributed by atoms with E-state index in [-0.39, 0.29) is 16.9 Å². The van der Waals surface area contributed by atoms with Gasteiger partial charge in [-0.2, -0.15) is 0 Å². The van der Waals surface area contributed by atoms with Gasteiger partial charge in [0.1, 0.15) is 5.76 Å². The monoisotopic (exact) mass is 286 g/mol. The summed E-state index contributed by atoms with van der Waals surface area (Å²) >= 11 is 0. The lowest BCUT2D eigenvalue weighted by Crippen LogP contribution is -2.20. The highest BCUT2D eigenvalue weighted by atomic mass is 16.4. The molecule has 0 spiro atoms. The average molecular weight is 286 g/mol. The molecule has 0 atom stereocenters. The Labute approximate surface area is 120 Å². The van der Waals surface area contributed by atoms with Gasteiger partial charge in [0.05, 0.1) is 16.8 Å². The Bertz CT molecular complexity index is 751. The minimum absolute atomic E-state index is 0.207. The minimum Gasteiger partial charge on any atom is -0.427 e. The molecule has 2 aromatic rings. The minimum atomic E-state index is -0.640. The number of benzene rings is 1. The Morgan fingerprint density at radius 3 is 2.48 bits per heavy atom. The van der Waals surface area contributed by atoms with Gasteiger partial charge in [-0.1, -0.05) is 12.1 Å². The average Bonchev–Trinajstić information content (AvgIpc) is 2.37. The molecule has 0 unspecified atom stereocenters. The van der Waals surface area contributed by atoms with Crippen LogP contribution in [-0.2, 0) is 0 Å². The van der Waals surface area contributed by atoms with E-state index in [2.05, 4.69) is 5.32 Å². The number of hydrogen-bond acceptors (Lipinski definition) is 4. The van der Waals surface area contributed by atoms with E-state index in [1.165, 1.54) is 19.1 Å². The van der Waals surface area contributed by atoms with Gasteiger partial charge in [-0.05, 0) is 31.5 Å². The van der Waals surface area contributed by atoms with Crippen LogP contribution in [0.15, 0.2) is 39.5 Å². The van der Waals surface area contributed by atoms with Crippen molar-refractivity contribution in [2.24, 2.45) is 5.73 Å². The molecule has 0 aliphatic carbocycles.